The van der Waals surface area contributed by atoms with Crippen molar-refractivity contribution in [2.45, 2.75) is 13.8 Å². The number of rotatable bonds is 1. The lowest BCUT2D eigenvalue weighted by atomic mass is 10.1. The number of benzene rings is 1. The zero-order valence-electron chi connectivity index (χ0n) is 6.52. The molecule has 0 aliphatic carbocycles. The molecule has 0 radical (unpaired) electrons. The van der Waals surface area contributed by atoms with Gasteiger partial charge in [-0.1, -0.05) is 17.7 Å². The van der Waals surface area contributed by atoms with Crippen LogP contribution in [0.4, 0.5) is 4.39 Å². The number of hydrogen-bond acceptors (Lipinski definition) is 1. The summed E-state index contributed by atoms with van der Waals surface area (Å²) in [4.78, 5) is 10.3. The van der Waals surface area contributed by atoms with Gasteiger partial charge in [-0.3, -0.25) is 4.79 Å². The molecule has 0 unspecified atom stereocenters. The van der Waals surface area contributed by atoms with Crippen molar-refractivity contribution >= 4 is 6.04 Å². The zero-order chi connectivity index (χ0) is 8.43. The zero-order valence-corrected chi connectivity index (χ0v) is 6.52. The first-order chi connectivity index (χ1) is 5.11. The maximum Gasteiger partial charge on any atom is 0.332 e. The van der Waals surface area contributed by atoms with E-state index in [1.807, 2.05) is 6.92 Å². The summed E-state index contributed by atoms with van der Waals surface area (Å²) >= 11 is 0. The second kappa shape index (κ2) is 2.82. The summed E-state index contributed by atoms with van der Waals surface area (Å²) in [7, 11) is 0. The van der Waals surface area contributed by atoms with E-state index in [9.17, 15) is 9.18 Å². The molecule has 0 amide bonds. The van der Waals surface area contributed by atoms with Crippen molar-refractivity contribution in [1.29, 1.82) is 0 Å². The standard InChI is InChI=1S/C9H9FO/c1-6-3-4-8(9(10)11)7(2)5-6/h3-5H,1-2H3. The number of carbonyl (C=O) groups excluding carboxylic acids is 1. The third kappa shape index (κ3) is 1.64. The molecule has 0 aliphatic heterocycles. The van der Waals surface area contributed by atoms with E-state index in [0.717, 1.165) is 5.56 Å². The van der Waals surface area contributed by atoms with E-state index >= 15 is 0 Å². The van der Waals surface area contributed by atoms with Crippen LogP contribution in [0.1, 0.15) is 21.5 Å². The van der Waals surface area contributed by atoms with Crippen molar-refractivity contribution in [2.75, 3.05) is 0 Å². The molecular weight excluding hydrogens is 143 g/mol. The Morgan fingerprint density at radius 2 is 2.00 bits per heavy atom. The van der Waals surface area contributed by atoms with Gasteiger partial charge in [0.15, 0.2) is 0 Å². The van der Waals surface area contributed by atoms with E-state index in [1.165, 1.54) is 6.07 Å². The first-order valence-corrected chi connectivity index (χ1v) is 3.38. The molecule has 0 saturated carbocycles. The van der Waals surface area contributed by atoms with E-state index in [1.54, 1.807) is 19.1 Å². The molecule has 0 N–H and O–H groups in total. The average molecular weight is 152 g/mol. The molecule has 1 rings (SSSR count). The van der Waals surface area contributed by atoms with Crippen LogP contribution >= 0.6 is 0 Å². The summed E-state index contributed by atoms with van der Waals surface area (Å²) < 4.78 is 12.2. The van der Waals surface area contributed by atoms with Crippen molar-refractivity contribution in [3.63, 3.8) is 0 Å². The molecule has 0 saturated heterocycles. The van der Waals surface area contributed by atoms with E-state index in [0.29, 0.717) is 5.56 Å². The predicted molar refractivity (Wildman–Crippen MR) is 41.4 cm³/mol. The monoisotopic (exact) mass is 152 g/mol. The van der Waals surface area contributed by atoms with Gasteiger partial charge in [0.2, 0.25) is 0 Å². The normalized spacial score (nSPS) is 9.73. The van der Waals surface area contributed by atoms with Gasteiger partial charge in [0, 0.05) is 0 Å². The fraction of sp³-hybridized carbons (Fsp3) is 0.222. The van der Waals surface area contributed by atoms with E-state index < -0.39 is 6.04 Å². The molecule has 1 aromatic rings. The third-order valence-corrected chi connectivity index (χ3v) is 1.59. The molecule has 1 aromatic carbocycles. The van der Waals surface area contributed by atoms with Crippen LogP contribution in [0.15, 0.2) is 18.2 Å². The fourth-order valence-corrected chi connectivity index (χ4v) is 1.03. The molecule has 2 heteroatoms. The van der Waals surface area contributed by atoms with E-state index in [2.05, 4.69) is 0 Å². The number of carbonyl (C=O) groups is 1. The summed E-state index contributed by atoms with van der Waals surface area (Å²) in [5.74, 6) is 0. The van der Waals surface area contributed by atoms with Gasteiger partial charge >= 0.3 is 6.04 Å². The van der Waals surface area contributed by atoms with Gasteiger partial charge in [-0.05, 0) is 25.5 Å². The van der Waals surface area contributed by atoms with Gasteiger partial charge in [0.25, 0.3) is 0 Å². The quantitative estimate of drug-likeness (QED) is 0.565. The first kappa shape index (κ1) is 7.92. The molecule has 0 aromatic heterocycles. The largest absolute Gasteiger partial charge is 0.332 e. The molecule has 1 nitrogen and oxygen atoms in total. The van der Waals surface area contributed by atoms with Crippen molar-refractivity contribution in [1.82, 2.24) is 0 Å². The molecule has 11 heavy (non-hydrogen) atoms. The van der Waals surface area contributed by atoms with Crippen LogP contribution in [0, 0.1) is 13.8 Å². The number of halogens is 1. The Kier molecular flexibility index (Phi) is 2.03. The highest BCUT2D eigenvalue weighted by Crippen LogP contribution is 2.11. The minimum absolute atomic E-state index is 0.163. The molecule has 0 atom stereocenters. The minimum Gasteiger partial charge on any atom is -0.255 e. The SMILES string of the molecule is Cc1ccc(C(=O)F)c(C)c1. The Hall–Kier alpha value is -1.18. The second-order valence-corrected chi connectivity index (χ2v) is 2.59. The maximum absolute atomic E-state index is 12.2. The lowest BCUT2D eigenvalue weighted by molar-refractivity contribution is 0.0835. The van der Waals surface area contributed by atoms with Gasteiger partial charge in [-0.2, -0.15) is 4.39 Å². The van der Waals surface area contributed by atoms with Crippen LogP contribution in [0.25, 0.3) is 0 Å². The summed E-state index contributed by atoms with van der Waals surface area (Å²) in [5, 5.41) is 0. The Labute approximate surface area is 64.9 Å². The Balaban J connectivity index is 3.20. The summed E-state index contributed by atoms with van der Waals surface area (Å²) in [6.45, 7) is 3.62. The lowest BCUT2D eigenvalue weighted by Gasteiger charge is -1.99. The van der Waals surface area contributed by atoms with Gasteiger partial charge < -0.3 is 0 Å². The van der Waals surface area contributed by atoms with Crippen LogP contribution in [-0.2, 0) is 0 Å². The first-order valence-electron chi connectivity index (χ1n) is 3.38. The highest BCUT2D eigenvalue weighted by Gasteiger charge is 2.05. The maximum atomic E-state index is 12.2. The smallest absolute Gasteiger partial charge is 0.255 e. The Morgan fingerprint density at radius 3 is 2.45 bits per heavy atom. The predicted octanol–water partition coefficient (Wildman–Crippen LogP) is 2.41. The fourth-order valence-electron chi connectivity index (χ4n) is 1.03. The molecule has 58 valence electrons. The number of aryl methyl sites for hydroxylation is 2. The molecule has 0 heterocycles. The Bertz CT molecular complexity index is 292. The molecule has 0 aliphatic rings. The van der Waals surface area contributed by atoms with Crippen molar-refractivity contribution < 1.29 is 9.18 Å². The van der Waals surface area contributed by atoms with Gasteiger partial charge in [-0.25, -0.2) is 0 Å². The summed E-state index contributed by atoms with van der Waals surface area (Å²) in [5.41, 5.74) is 1.89. The number of hydrogen-bond donors (Lipinski definition) is 0. The molecular formula is C9H9FO. The highest BCUT2D eigenvalue weighted by molar-refractivity contribution is 5.90. The van der Waals surface area contributed by atoms with Crippen LogP contribution in [-0.4, -0.2) is 6.04 Å². The second-order valence-electron chi connectivity index (χ2n) is 2.59. The highest BCUT2D eigenvalue weighted by atomic mass is 19.1. The molecule has 0 fully saturated rings. The summed E-state index contributed by atoms with van der Waals surface area (Å²) in [6, 6.07) is 3.65. The van der Waals surface area contributed by atoms with Crippen LogP contribution in [0.2, 0.25) is 0 Å². The lowest BCUT2D eigenvalue weighted by Crippen LogP contribution is -1.93. The van der Waals surface area contributed by atoms with Gasteiger partial charge in [0.05, 0.1) is 5.56 Å². The third-order valence-electron chi connectivity index (χ3n) is 1.59. The van der Waals surface area contributed by atoms with Crippen molar-refractivity contribution in [3.05, 3.63) is 34.9 Å². The summed E-state index contributed by atoms with van der Waals surface area (Å²) in [6.07, 6.45) is 0. The van der Waals surface area contributed by atoms with Crippen molar-refractivity contribution in [2.24, 2.45) is 0 Å². The van der Waals surface area contributed by atoms with E-state index in [4.69, 9.17) is 0 Å². The van der Waals surface area contributed by atoms with Gasteiger partial charge in [0.1, 0.15) is 0 Å². The van der Waals surface area contributed by atoms with Crippen LogP contribution < -0.4 is 0 Å². The topological polar surface area (TPSA) is 17.1 Å². The van der Waals surface area contributed by atoms with Crippen LogP contribution in [0.3, 0.4) is 0 Å². The molecule has 0 bridgehead atoms. The van der Waals surface area contributed by atoms with Crippen LogP contribution in [0.5, 0.6) is 0 Å². The Morgan fingerprint density at radius 1 is 1.36 bits per heavy atom. The van der Waals surface area contributed by atoms with Crippen molar-refractivity contribution in [3.8, 4) is 0 Å². The van der Waals surface area contributed by atoms with Gasteiger partial charge in [-0.15, -0.1) is 0 Å². The minimum atomic E-state index is -1.36. The average Bonchev–Trinajstić information content (AvgIpc) is 1.85. The molecule has 0 spiro atoms. The van der Waals surface area contributed by atoms with E-state index in [-0.39, 0.29) is 5.56 Å².